The number of anilines is 1. The molecule has 29 heavy (non-hydrogen) atoms. The van der Waals surface area contributed by atoms with Gasteiger partial charge in [-0.1, -0.05) is 42.7 Å². The van der Waals surface area contributed by atoms with E-state index in [1.807, 2.05) is 19.1 Å². The number of benzene rings is 2. The highest BCUT2D eigenvalue weighted by atomic mass is 16.5. The van der Waals surface area contributed by atoms with Crippen LogP contribution in [0.15, 0.2) is 48.5 Å². The zero-order valence-corrected chi connectivity index (χ0v) is 16.8. The first-order chi connectivity index (χ1) is 14.0. The van der Waals surface area contributed by atoms with Gasteiger partial charge in [0.25, 0.3) is 0 Å². The quantitative estimate of drug-likeness (QED) is 0.562. The van der Waals surface area contributed by atoms with E-state index in [0.29, 0.717) is 17.0 Å². The van der Waals surface area contributed by atoms with Crippen molar-refractivity contribution >= 4 is 23.3 Å². The Bertz CT molecular complexity index is 908. The van der Waals surface area contributed by atoms with Gasteiger partial charge in [-0.2, -0.15) is 0 Å². The van der Waals surface area contributed by atoms with Crippen LogP contribution in [0.25, 0.3) is 0 Å². The van der Waals surface area contributed by atoms with E-state index in [-0.39, 0.29) is 29.4 Å². The van der Waals surface area contributed by atoms with Gasteiger partial charge >= 0.3 is 0 Å². The van der Waals surface area contributed by atoms with Crippen LogP contribution in [-0.4, -0.2) is 23.7 Å². The van der Waals surface area contributed by atoms with Gasteiger partial charge in [-0.15, -0.1) is 0 Å². The number of nitrogens with zero attached hydrogens (tertiary/aromatic N) is 1. The van der Waals surface area contributed by atoms with Gasteiger partial charge in [0.1, 0.15) is 5.75 Å². The van der Waals surface area contributed by atoms with Gasteiger partial charge in [0.15, 0.2) is 6.10 Å². The first-order valence-corrected chi connectivity index (χ1v) is 10.2. The molecule has 0 radical (unpaired) electrons. The molecule has 0 bridgehead atoms. The minimum absolute atomic E-state index is 0.0868. The second-order valence-electron chi connectivity index (χ2n) is 7.99. The molecular weight excluding hydrogens is 366 g/mol. The molecule has 1 heterocycles. The van der Waals surface area contributed by atoms with Crippen LogP contribution in [0.4, 0.5) is 5.69 Å². The SMILES string of the molecule is Cc1ccc(C(=O)[C@H](C)Oc2ccc(N3C(=O)[C@H]4CCCC[C@H]4C3=O)cc2)cc1. The van der Waals surface area contributed by atoms with E-state index >= 15 is 0 Å². The lowest BCUT2D eigenvalue weighted by molar-refractivity contribution is -0.122. The van der Waals surface area contributed by atoms with Crippen molar-refractivity contribution in [3.05, 3.63) is 59.7 Å². The fraction of sp³-hybridized carbons (Fsp3) is 0.375. The third-order valence-corrected chi connectivity index (χ3v) is 5.95. The summed E-state index contributed by atoms with van der Waals surface area (Å²) < 4.78 is 5.79. The monoisotopic (exact) mass is 391 g/mol. The molecule has 1 saturated carbocycles. The Morgan fingerprint density at radius 2 is 1.48 bits per heavy atom. The average Bonchev–Trinajstić information content (AvgIpc) is 2.99. The fourth-order valence-electron chi connectivity index (χ4n) is 4.30. The Labute approximate surface area is 170 Å². The molecule has 2 aliphatic rings. The van der Waals surface area contributed by atoms with E-state index in [9.17, 15) is 14.4 Å². The van der Waals surface area contributed by atoms with Crippen molar-refractivity contribution in [1.29, 1.82) is 0 Å². The highest BCUT2D eigenvalue weighted by Crippen LogP contribution is 2.40. The molecule has 4 rings (SSSR count). The Balaban J connectivity index is 1.45. The molecule has 150 valence electrons. The minimum Gasteiger partial charge on any atom is -0.483 e. The summed E-state index contributed by atoms with van der Waals surface area (Å²) in [6.45, 7) is 3.69. The highest BCUT2D eigenvalue weighted by Gasteiger charge is 2.48. The van der Waals surface area contributed by atoms with Crippen molar-refractivity contribution in [3.8, 4) is 5.75 Å². The molecule has 0 spiro atoms. The summed E-state index contributed by atoms with van der Waals surface area (Å²) in [7, 11) is 0. The van der Waals surface area contributed by atoms with Gasteiger partial charge in [0.05, 0.1) is 17.5 Å². The molecule has 3 atom stereocenters. The van der Waals surface area contributed by atoms with Crippen LogP contribution in [0.3, 0.4) is 0 Å². The lowest BCUT2D eigenvalue weighted by atomic mass is 9.81. The van der Waals surface area contributed by atoms with Crippen LogP contribution in [0, 0.1) is 18.8 Å². The van der Waals surface area contributed by atoms with Crippen LogP contribution in [0.1, 0.15) is 48.5 Å². The van der Waals surface area contributed by atoms with Crippen LogP contribution in [-0.2, 0) is 9.59 Å². The molecular formula is C24H25NO4. The minimum atomic E-state index is -0.638. The predicted molar refractivity (Wildman–Crippen MR) is 110 cm³/mol. The smallest absolute Gasteiger partial charge is 0.237 e. The van der Waals surface area contributed by atoms with Gasteiger partial charge in [0.2, 0.25) is 17.6 Å². The number of carbonyl (C=O) groups excluding carboxylic acids is 3. The van der Waals surface area contributed by atoms with E-state index in [1.165, 1.54) is 4.90 Å². The van der Waals surface area contributed by atoms with Crippen LogP contribution >= 0.6 is 0 Å². The third kappa shape index (κ3) is 3.69. The Morgan fingerprint density at radius 1 is 0.931 bits per heavy atom. The molecule has 5 heteroatoms. The average molecular weight is 391 g/mol. The largest absolute Gasteiger partial charge is 0.483 e. The van der Waals surface area contributed by atoms with Gasteiger partial charge in [0, 0.05) is 5.56 Å². The van der Waals surface area contributed by atoms with Crippen molar-refractivity contribution in [2.75, 3.05) is 4.90 Å². The van der Waals surface area contributed by atoms with Gasteiger partial charge in [-0.25, -0.2) is 0 Å². The summed E-state index contributed by atoms with van der Waals surface area (Å²) in [5.74, 6) is -0.0764. The molecule has 2 aromatic carbocycles. The summed E-state index contributed by atoms with van der Waals surface area (Å²) in [5.41, 5.74) is 2.27. The van der Waals surface area contributed by atoms with E-state index in [1.54, 1.807) is 43.3 Å². The van der Waals surface area contributed by atoms with Crippen molar-refractivity contribution in [2.24, 2.45) is 11.8 Å². The molecule has 0 N–H and O–H groups in total. The van der Waals surface area contributed by atoms with Crippen molar-refractivity contribution in [2.45, 2.75) is 45.6 Å². The maximum atomic E-state index is 12.7. The fourth-order valence-corrected chi connectivity index (χ4v) is 4.30. The van der Waals surface area contributed by atoms with Crippen molar-refractivity contribution in [3.63, 3.8) is 0 Å². The van der Waals surface area contributed by atoms with Gasteiger partial charge in [-0.05, 0) is 51.0 Å². The van der Waals surface area contributed by atoms with Gasteiger partial charge < -0.3 is 4.74 Å². The molecule has 1 aliphatic carbocycles. The van der Waals surface area contributed by atoms with E-state index in [4.69, 9.17) is 4.74 Å². The molecule has 2 amide bonds. The van der Waals surface area contributed by atoms with Crippen LogP contribution < -0.4 is 9.64 Å². The molecule has 0 unspecified atom stereocenters. The summed E-state index contributed by atoms with van der Waals surface area (Å²) in [5, 5.41) is 0. The van der Waals surface area contributed by atoms with E-state index < -0.39 is 6.10 Å². The van der Waals surface area contributed by atoms with Gasteiger partial charge in [-0.3, -0.25) is 19.3 Å². The molecule has 0 aromatic heterocycles. The Morgan fingerprint density at radius 3 is 2.03 bits per heavy atom. The standard InChI is InChI=1S/C24H25NO4/c1-15-7-9-17(10-8-15)22(26)16(2)29-19-13-11-18(12-14-19)25-23(27)20-5-3-4-6-21(20)24(25)28/h7-14,16,20-21H,3-6H2,1-2H3/t16-,20-,21+/m0/s1. The summed E-state index contributed by atoms with van der Waals surface area (Å²) >= 11 is 0. The first-order valence-electron chi connectivity index (χ1n) is 10.2. The van der Waals surface area contributed by atoms with Crippen molar-refractivity contribution in [1.82, 2.24) is 0 Å². The van der Waals surface area contributed by atoms with E-state index in [0.717, 1.165) is 31.2 Å². The number of carbonyl (C=O) groups is 3. The second kappa shape index (κ2) is 7.82. The number of aryl methyl sites for hydroxylation is 1. The normalized spacial score (nSPS) is 22.3. The Hall–Kier alpha value is -2.95. The molecule has 1 saturated heterocycles. The number of amides is 2. The lowest BCUT2D eigenvalue weighted by Gasteiger charge is -2.19. The molecule has 1 aliphatic heterocycles. The number of fused-ring (bicyclic) bond motifs is 1. The molecule has 2 fully saturated rings. The molecule has 2 aromatic rings. The number of hydrogen-bond acceptors (Lipinski definition) is 4. The maximum absolute atomic E-state index is 12.7. The summed E-state index contributed by atoms with van der Waals surface area (Å²) in [6.07, 6.45) is 2.97. The topological polar surface area (TPSA) is 63.7 Å². The summed E-state index contributed by atoms with van der Waals surface area (Å²) in [6, 6.07) is 14.2. The number of ketones is 1. The lowest BCUT2D eigenvalue weighted by Crippen LogP contribution is -2.30. The Kier molecular flexibility index (Phi) is 5.22. The second-order valence-corrected chi connectivity index (χ2v) is 7.99. The number of imide groups is 1. The van der Waals surface area contributed by atoms with Crippen LogP contribution in [0.2, 0.25) is 0 Å². The molecule has 5 nitrogen and oxygen atoms in total. The first kappa shape index (κ1) is 19.4. The third-order valence-electron chi connectivity index (χ3n) is 5.95. The predicted octanol–water partition coefficient (Wildman–Crippen LogP) is 4.32. The van der Waals surface area contributed by atoms with E-state index in [2.05, 4.69) is 0 Å². The van der Waals surface area contributed by atoms with Crippen molar-refractivity contribution < 1.29 is 19.1 Å². The number of rotatable bonds is 5. The zero-order valence-electron chi connectivity index (χ0n) is 16.8. The summed E-state index contributed by atoms with van der Waals surface area (Å²) in [4.78, 5) is 39.3. The van der Waals surface area contributed by atoms with Crippen LogP contribution in [0.5, 0.6) is 5.75 Å². The zero-order chi connectivity index (χ0) is 20.5. The number of Topliss-reactive ketones (excluding diaryl/α,β-unsaturated/α-hetero) is 1. The number of ether oxygens (including phenoxy) is 1. The maximum Gasteiger partial charge on any atom is 0.237 e. The number of hydrogen-bond donors (Lipinski definition) is 0. The highest BCUT2D eigenvalue weighted by molar-refractivity contribution is 6.22.